The van der Waals surface area contributed by atoms with Gasteiger partial charge in [0.1, 0.15) is 0 Å². The molecule has 170 valence electrons. The average Bonchev–Trinajstić information content (AvgIpc) is 3.32. The zero-order chi connectivity index (χ0) is 22.5. The Balaban J connectivity index is 1.51. The highest BCUT2D eigenvalue weighted by molar-refractivity contribution is 6.33. The Morgan fingerprint density at radius 3 is 2.44 bits per heavy atom. The van der Waals surface area contributed by atoms with Crippen LogP contribution in [0.4, 0.5) is 24.5 Å². The molecule has 1 amide bonds. The van der Waals surface area contributed by atoms with Gasteiger partial charge < -0.3 is 14.7 Å². The van der Waals surface area contributed by atoms with E-state index in [9.17, 15) is 18.0 Å². The second-order valence-electron chi connectivity index (χ2n) is 8.84. The predicted molar refractivity (Wildman–Crippen MR) is 119 cm³/mol. The zero-order valence-electron chi connectivity index (χ0n) is 17.6. The lowest BCUT2D eigenvalue weighted by Gasteiger charge is -2.50. The number of piperazine rings is 1. The Kier molecular flexibility index (Phi) is 5.48. The normalized spacial score (nSPS) is 23.2. The van der Waals surface area contributed by atoms with Crippen LogP contribution in [0.15, 0.2) is 42.5 Å². The van der Waals surface area contributed by atoms with Gasteiger partial charge in [0.05, 0.1) is 28.2 Å². The standard InChI is InChI=1S/C24H25ClF3N3O/c25-19-5-1-2-6-21(19)30-11-12-31-20-8-7-17(24(26,27)28)13-16(20)14-18(22(31)15-30)23(32)29-9-3-4-10-29/h1-2,5-8,13,18,22H,3-4,9-12,14-15H2/t18-,22-/m0/s1. The number of carbonyl (C=O) groups is 1. The summed E-state index contributed by atoms with van der Waals surface area (Å²) in [6.07, 6.45) is -2.12. The van der Waals surface area contributed by atoms with Crippen molar-refractivity contribution in [1.82, 2.24) is 4.90 Å². The Labute approximate surface area is 190 Å². The Hall–Kier alpha value is -2.41. The summed E-state index contributed by atoms with van der Waals surface area (Å²) in [7, 11) is 0. The highest BCUT2D eigenvalue weighted by Crippen LogP contribution is 2.41. The van der Waals surface area contributed by atoms with Crippen LogP contribution in [0.1, 0.15) is 24.0 Å². The van der Waals surface area contributed by atoms with E-state index in [0.29, 0.717) is 36.6 Å². The molecule has 4 nitrogen and oxygen atoms in total. The predicted octanol–water partition coefficient (Wildman–Crippen LogP) is 4.85. The van der Waals surface area contributed by atoms with E-state index in [1.54, 1.807) is 6.07 Å². The number of benzene rings is 2. The third kappa shape index (κ3) is 3.81. The number of likely N-dealkylation sites (tertiary alicyclic amines) is 1. The van der Waals surface area contributed by atoms with Crippen LogP contribution in [0, 0.1) is 5.92 Å². The van der Waals surface area contributed by atoms with Crippen molar-refractivity contribution in [2.24, 2.45) is 5.92 Å². The van der Waals surface area contributed by atoms with E-state index < -0.39 is 11.7 Å². The van der Waals surface area contributed by atoms with Gasteiger partial charge in [0, 0.05) is 38.4 Å². The summed E-state index contributed by atoms with van der Waals surface area (Å²) >= 11 is 6.44. The van der Waals surface area contributed by atoms with Gasteiger partial charge >= 0.3 is 6.18 Å². The molecule has 2 fully saturated rings. The molecule has 0 saturated carbocycles. The highest BCUT2D eigenvalue weighted by atomic mass is 35.5. The first-order valence-electron chi connectivity index (χ1n) is 11.1. The number of hydrogen-bond acceptors (Lipinski definition) is 3. The van der Waals surface area contributed by atoms with Gasteiger partial charge in [-0.3, -0.25) is 4.79 Å². The fourth-order valence-corrected chi connectivity index (χ4v) is 5.64. The number of anilines is 2. The molecule has 3 aliphatic heterocycles. The van der Waals surface area contributed by atoms with Crippen LogP contribution in [-0.2, 0) is 17.4 Å². The summed E-state index contributed by atoms with van der Waals surface area (Å²) in [6.45, 7) is 3.37. The summed E-state index contributed by atoms with van der Waals surface area (Å²) in [5, 5.41) is 0.661. The molecular formula is C24H25ClF3N3O. The fourth-order valence-electron chi connectivity index (χ4n) is 5.38. The Morgan fingerprint density at radius 1 is 0.969 bits per heavy atom. The van der Waals surface area contributed by atoms with Crippen molar-refractivity contribution < 1.29 is 18.0 Å². The van der Waals surface area contributed by atoms with E-state index in [1.807, 2.05) is 29.2 Å². The van der Waals surface area contributed by atoms with Crippen LogP contribution in [0.2, 0.25) is 5.02 Å². The number of fused-ring (bicyclic) bond motifs is 3. The first-order chi connectivity index (χ1) is 15.3. The molecule has 2 saturated heterocycles. The third-order valence-corrected chi connectivity index (χ3v) is 7.29. The molecular weight excluding hydrogens is 439 g/mol. The van der Waals surface area contributed by atoms with E-state index in [0.717, 1.165) is 43.4 Å². The first-order valence-corrected chi connectivity index (χ1v) is 11.5. The van der Waals surface area contributed by atoms with Crippen LogP contribution in [-0.4, -0.2) is 49.6 Å². The van der Waals surface area contributed by atoms with Crippen molar-refractivity contribution in [2.75, 3.05) is 42.5 Å². The maximum Gasteiger partial charge on any atom is 0.416 e. The van der Waals surface area contributed by atoms with E-state index in [4.69, 9.17) is 11.6 Å². The number of rotatable bonds is 2. The summed E-state index contributed by atoms with van der Waals surface area (Å²) in [6, 6.07) is 11.5. The van der Waals surface area contributed by atoms with Gasteiger partial charge in [-0.15, -0.1) is 0 Å². The van der Waals surface area contributed by atoms with E-state index in [-0.39, 0.29) is 17.9 Å². The van der Waals surface area contributed by atoms with E-state index >= 15 is 0 Å². The van der Waals surface area contributed by atoms with Crippen molar-refractivity contribution in [3.05, 3.63) is 58.6 Å². The van der Waals surface area contributed by atoms with Crippen LogP contribution in [0.3, 0.4) is 0 Å². The molecule has 3 aliphatic rings. The number of nitrogens with zero attached hydrogens (tertiary/aromatic N) is 3. The second kappa shape index (κ2) is 8.18. The largest absolute Gasteiger partial charge is 0.416 e. The van der Waals surface area contributed by atoms with Gasteiger partial charge in [-0.2, -0.15) is 13.2 Å². The van der Waals surface area contributed by atoms with Crippen LogP contribution < -0.4 is 9.80 Å². The number of halogens is 4. The number of carbonyl (C=O) groups excluding carboxylic acids is 1. The van der Waals surface area contributed by atoms with Crippen molar-refractivity contribution in [3.63, 3.8) is 0 Å². The third-order valence-electron chi connectivity index (χ3n) is 6.97. The molecule has 0 N–H and O–H groups in total. The lowest BCUT2D eigenvalue weighted by molar-refractivity contribution is -0.137. The van der Waals surface area contributed by atoms with Gasteiger partial charge in [-0.25, -0.2) is 0 Å². The lowest BCUT2D eigenvalue weighted by Crippen LogP contribution is -2.61. The molecule has 2 aromatic rings. The van der Waals surface area contributed by atoms with E-state index in [1.165, 1.54) is 6.07 Å². The number of para-hydroxylation sites is 1. The van der Waals surface area contributed by atoms with Gasteiger partial charge in [0.25, 0.3) is 0 Å². The smallest absolute Gasteiger partial charge is 0.366 e. The molecule has 2 atom stereocenters. The molecule has 0 radical (unpaired) electrons. The minimum atomic E-state index is -4.40. The molecule has 8 heteroatoms. The topological polar surface area (TPSA) is 26.8 Å². The van der Waals surface area contributed by atoms with Crippen LogP contribution in [0.5, 0.6) is 0 Å². The SMILES string of the molecule is O=C([C@H]1Cc2cc(C(F)(F)F)ccc2N2CCN(c3ccccc3Cl)C[C@@H]12)N1CCCC1. The molecule has 0 aliphatic carbocycles. The van der Waals surface area contributed by atoms with Crippen LogP contribution in [0.25, 0.3) is 0 Å². The molecule has 3 heterocycles. The quantitative estimate of drug-likeness (QED) is 0.637. The summed E-state index contributed by atoms with van der Waals surface area (Å²) in [5.74, 6) is -0.323. The van der Waals surface area contributed by atoms with Gasteiger partial charge in [-0.1, -0.05) is 23.7 Å². The maximum atomic E-state index is 13.5. The van der Waals surface area contributed by atoms with Crippen molar-refractivity contribution in [3.8, 4) is 0 Å². The summed E-state index contributed by atoms with van der Waals surface area (Å²) in [5.41, 5.74) is 1.70. The molecule has 0 aromatic heterocycles. The molecule has 2 aromatic carbocycles. The lowest BCUT2D eigenvalue weighted by atomic mass is 9.82. The number of alkyl halides is 3. The van der Waals surface area contributed by atoms with Gasteiger partial charge in [0.15, 0.2) is 0 Å². The van der Waals surface area contributed by atoms with Crippen molar-refractivity contribution in [1.29, 1.82) is 0 Å². The second-order valence-corrected chi connectivity index (χ2v) is 9.25. The highest BCUT2D eigenvalue weighted by Gasteiger charge is 2.44. The zero-order valence-corrected chi connectivity index (χ0v) is 18.4. The Morgan fingerprint density at radius 2 is 1.72 bits per heavy atom. The molecule has 0 bridgehead atoms. The monoisotopic (exact) mass is 463 g/mol. The first kappa shape index (κ1) is 21.4. The Bertz CT molecular complexity index is 1020. The maximum absolute atomic E-state index is 13.5. The number of amides is 1. The molecule has 0 unspecified atom stereocenters. The van der Waals surface area contributed by atoms with Gasteiger partial charge in [-0.05, 0) is 55.2 Å². The van der Waals surface area contributed by atoms with Crippen molar-refractivity contribution in [2.45, 2.75) is 31.5 Å². The van der Waals surface area contributed by atoms with Crippen LogP contribution >= 0.6 is 11.6 Å². The molecule has 32 heavy (non-hydrogen) atoms. The fraction of sp³-hybridized carbons (Fsp3) is 0.458. The van der Waals surface area contributed by atoms with E-state index in [2.05, 4.69) is 9.80 Å². The minimum absolute atomic E-state index is 0.0570. The number of hydrogen-bond donors (Lipinski definition) is 0. The van der Waals surface area contributed by atoms with Gasteiger partial charge in [0.2, 0.25) is 5.91 Å². The molecule has 0 spiro atoms. The van der Waals surface area contributed by atoms with Crippen molar-refractivity contribution >= 4 is 28.9 Å². The molecule has 5 rings (SSSR count). The average molecular weight is 464 g/mol. The minimum Gasteiger partial charge on any atom is -0.366 e. The summed E-state index contributed by atoms with van der Waals surface area (Å²) < 4.78 is 40.1. The summed E-state index contributed by atoms with van der Waals surface area (Å²) in [4.78, 5) is 19.7.